The first-order chi connectivity index (χ1) is 6.13. The minimum atomic E-state index is -0.206. The van der Waals surface area contributed by atoms with Crippen molar-refractivity contribution < 1.29 is 4.39 Å². The molecule has 1 aromatic rings. The molecule has 0 aliphatic carbocycles. The molecule has 0 aliphatic rings. The van der Waals surface area contributed by atoms with E-state index in [9.17, 15) is 4.39 Å². The average molecular weight is 246 g/mol. The van der Waals surface area contributed by atoms with E-state index in [1.807, 2.05) is 19.2 Å². The number of hydrogen-bond acceptors (Lipinski definition) is 1. The quantitative estimate of drug-likeness (QED) is 0.792. The van der Waals surface area contributed by atoms with Gasteiger partial charge in [-0.1, -0.05) is 13.0 Å². The second-order valence-electron chi connectivity index (χ2n) is 3.08. The molecule has 13 heavy (non-hydrogen) atoms. The van der Waals surface area contributed by atoms with Crippen LogP contribution in [0.2, 0.25) is 0 Å². The molecule has 0 saturated carbocycles. The molecule has 0 saturated heterocycles. The Bertz CT molecular complexity index is 288. The Balaban J connectivity index is 2.73. The van der Waals surface area contributed by atoms with E-state index >= 15 is 0 Å². The summed E-state index contributed by atoms with van der Waals surface area (Å²) in [7, 11) is 2.04. The third-order valence-electron chi connectivity index (χ3n) is 1.98. The van der Waals surface area contributed by atoms with E-state index in [1.165, 1.54) is 6.07 Å². The van der Waals surface area contributed by atoms with E-state index in [2.05, 4.69) is 27.8 Å². The predicted molar refractivity (Wildman–Crippen MR) is 56.1 cm³/mol. The van der Waals surface area contributed by atoms with Crippen LogP contribution in [-0.2, 0) is 6.54 Å². The van der Waals surface area contributed by atoms with Crippen molar-refractivity contribution in [1.82, 2.24) is 4.90 Å². The molecule has 0 heterocycles. The molecule has 0 bridgehead atoms. The fourth-order valence-electron chi connectivity index (χ4n) is 1.06. The maximum atomic E-state index is 12.9. The largest absolute Gasteiger partial charge is 0.302 e. The molecule has 3 heteroatoms. The number of rotatable bonds is 3. The lowest BCUT2D eigenvalue weighted by Crippen LogP contribution is -2.16. The highest BCUT2D eigenvalue weighted by Crippen LogP contribution is 2.17. The van der Waals surface area contributed by atoms with E-state index in [0.29, 0.717) is 4.47 Å². The van der Waals surface area contributed by atoms with Crippen LogP contribution in [0.15, 0.2) is 22.7 Å². The van der Waals surface area contributed by atoms with Crippen LogP contribution in [0.5, 0.6) is 0 Å². The Morgan fingerprint density at radius 2 is 2.15 bits per heavy atom. The van der Waals surface area contributed by atoms with Gasteiger partial charge in [-0.2, -0.15) is 0 Å². The molecule has 0 N–H and O–H groups in total. The summed E-state index contributed by atoms with van der Waals surface area (Å²) in [5.74, 6) is -0.206. The third kappa shape index (κ3) is 3.08. The molecule has 0 amide bonds. The van der Waals surface area contributed by atoms with Crippen molar-refractivity contribution in [3.8, 4) is 0 Å². The smallest absolute Gasteiger partial charge is 0.137 e. The second kappa shape index (κ2) is 4.72. The Morgan fingerprint density at radius 1 is 1.46 bits per heavy atom. The summed E-state index contributed by atoms with van der Waals surface area (Å²) in [4.78, 5) is 2.17. The normalized spacial score (nSPS) is 10.8. The lowest BCUT2D eigenvalue weighted by Gasteiger charge is -2.13. The molecule has 0 aliphatic heterocycles. The van der Waals surface area contributed by atoms with Gasteiger partial charge in [0.1, 0.15) is 5.82 Å². The van der Waals surface area contributed by atoms with Gasteiger partial charge in [0.25, 0.3) is 0 Å². The van der Waals surface area contributed by atoms with Gasteiger partial charge in [0, 0.05) is 6.54 Å². The van der Waals surface area contributed by atoms with Crippen LogP contribution in [0.25, 0.3) is 0 Å². The number of halogens is 2. The van der Waals surface area contributed by atoms with Gasteiger partial charge in [-0.25, -0.2) is 4.39 Å². The minimum absolute atomic E-state index is 0.206. The Hall–Kier alpha value is -0.410. The molecule has 0 fully saturated rings. The molecule has 0 aromatic heterocycles. The number of hydrogen-bond donors (Lipinski definition) is 0. The summed E-state index contributed by atoms with van der Waals surface area (Å²) in [5, 5.41) is 0. The first-order valence-electron chi connectivity index (χ1n) is 4.26. The zero-order valence-corrected chi connectivity index (χ0v) is 9.44. The van der Waals surface area contributed by atoms with Gasteiger partial charge in [-0.15, -0.1) is 0 Å². The first kappa shape index (κ1) is 10.7. The standard InChI is InChI=1S/C10H13BrFN/c1-3-13(2)7-8-4-5-10(12)9(11)6-8/h4-6H,3,7H2,1-2H3. The Morgan fingerprint density at radius 3 is 2.69 bits per heavy atom. The predicted octanol–water partition coefficient (Wildman–Crippen LogP) is 3.04. The fraction of sp³-hybridized carbons (Fsp3) is 0.400. The van der Waals surface area contributed by atoms with E-state index in [-0.39, 0.29) is 5.82 Å². The topological polar surface area (TPSA) is 3.24 Å². The lowest BCUT2D eigenvalue weighted by molar-refractivity contribution is 0.345. The van der Waals surface area contributed by atoms with Gasteiger partial charge in [0.05, 0.1) is 4.47 Å². The summed E-state index contributed by atoms with van der Waals surface area (Å²) in [6.07, 6.45) is 0. The summed E-state index contributed by atoms with van der Waals surface area (Å²) >= 11 is 3.16. The molecule has 0 unspecified atom stereocenters. The van der Waals surface area contributed by atoms with E-state index in [4.69, 9.17) is 0 Å². The zero-order valence-electron chi connectivity index (χ0n) is 7.85. The third-order valence-corrected chi connectivity index (χ3v) is 2.58. The zero-order chi connectivity index (χ0) is 9.84. The molecular weight excluding hydrogens is 233 g/mol. The minimum Gasteiger partial charge on any atom is -0.302 e. The molecule has 72 valence electrons. The van der Waals surface area contributed by atoms with Crippen LogP contribution < -0.4 is 0 Å². The van der Waals surface area contributed by atoms with Crippen LogP contribution >= 0.6 is 15.9 Å². The van der Waals surface area contributed by atoms with Crippen molar-refractivity contribution >= 4 is 15.9 Å². The monoisotopic (exact) mass is 245 g/mol. The fourth-order valence-corrected chi connectivity index (χ4v) is 1.49. The Kier molecular flexibility index (Phi) is 3.88. The van der Waals surface area contributed by atoms with Gasteiger partial charge in [-0.05, 0) is 47.2 Å². The lowest BCUT2D eigenvalue weighted by atomic mass is 10.2. The highest BCUT2D eigenvalue weighted by molar-refractivity contribution is 9.10. The molecule has 0 radical (unpaired) electrons. The van der Waals surface area contributed by atoms with Crippen molar-refractivity contribution in [1.29, 1.82) is 0 Å². The van der Waals surface area contributed by atoms with Crippen molar-refractivity contribution in [3.63, 3.8) is 0 Å². The highest BCUT2D eigenvalue weighted by atomic mass is 79.9. The average Bonchev–Trinajstić information content (AvgIpc) is 2.11. The van der Waals surface area contributed by atoms with Crippen LogP contribution in [0.4, 0.5) is 4.39 Å². The van der Waals surface area contributed by atoms with Gasteiger partial charge in [0.15, 0.2) is 0 Å². The Labute approximate surface area is 86.7 Å². The van der Waals surface area contributed by atoms with Crippen molar-refractivity contribution in [2.75, 3.05) is 13.6 Å². The number of benzene rings is 1. The second-order valence-corrected chi connectivity index (χ2v) is 3.93. The van der Waals surface area contributed by atoms with Gasteiger partial charge >= 0.3 is 0 Å². The molecule has 1 nitrogen and oxygen atoms in total. The molecule has 0 spiro atoms. The van der Waals surface area contributed by atoms with Crippen molar-refractivity contribution in [2.45, 2.75) is 13.5 Å². The van der Waals surface area contributed by atoms with Crippen LogP contribution in [0.3, 0.4) is 0 Å². The van der Waals surface area contributed by atoms with Gasteiger partial charge in [-0.3, -0.25) is 0 Å². The SMILES string of the molecule is CCN(C)Cc1ccc(F)c(Br)c1. The van der Waals surface area contributed by atoms with Crippen LogP contribution in [-0.4, -0.2) is 18.5 Å². The van der Waals surface area contributed by atoms with Crippen molar-refractivity contribution in [3.05, 3.63) is 34.1 Å². The molecule has 0 atom stereocenters. The van der Waals surface area contributed by atoms with E-state index < -0.39 is 0 Å². The number of nitrogens with zero attached hydrogens (tertiary/aromatic N) is 1. The van der Waals surface area contributed by atoms with E-state index in [0.717, 1.165) is 18.7 Å². The van der Waals surface area contributed by atoms with Gasteiger partial charge < -0.3 is 4.90 Å². The van der Waals surface area contributed by atoms with Crippen LogP contribution in [0, 0.1) is 5.82 Å². The highest BCUT2D eigenvalue weighted by Gasteiger charge is 2.01. The maximum absolute atomic E-state index is 12.9. The summed E-state index contributed by atoms with van der Waals surface area (Å²) < 4.78 is 13.4. The molecule has 1 aromatic carbocycles. The summed E-state index contributed by atoms with van der Waals surface area (Å²) in [6.45, 7) is 3.95. The first-order valence-corrected chi connectivity index (χ1v) is 5.05. The van der Waals surface area contributed by atoms with Crippen molar-refractivity contribution in [2.24, 2.45) is 0 Å². The van der Waals surface area contributed by atoms with Gasteiger partial charge in [0.2, 0.25) is 0 Å². The van der Waals surface area contributed by atoms with E-state index in [1.54, 1.807) is 0 Å². The van der Waals surface area contributed by atoms with Crippen LogP contribution in [0.1, 0.15) is 12.5 Å². The maximum Gasteiger partial charge on any atom is 0.137 e. The molecular formula is C10H13BrFN. The summed E-state index contributed by atoms with van der Waals surface area (Å²) in [5.41, 5.74) is 1.12. The summed E-state index contributed by atoms with van der Waals surface area (Å²) in [6, 6.07) is 5.12. The molecule has 1 rings (SSSR count).